The lowest BCUT2D eigenvalue weighted by atomic mass is 10.1. The van der Waals surface area contributed by atoms with Crippen molar-refractivity contribution in [3.05, 3.63) is 59.2 Å². The third-order valence-electron chi connectivity index (χ3n) is 7.98. The molecule has 1 fully saturated rings. The van der Waals surface area contributed by atoms with Crippen molar-refractivity contribution in [2.24, 2.45) is 0 Å². The number of aryl methyl sites for hydroxylation is 1. The minimum absolute atomic E-state index is 0.107. The fourth-order valence-electron chi connectivity index (χ4n) is 5.51. The Labute approximate surface area is 245 Å². The standard InChI is InChI=1S/C33H47N5O3/c1-4-6-21-37(22-7-5-2)31(39)28-16-17-29-30(24-28)38(23-11-20-36-18-9-8-10-19-36)33(35-29)34-25-26-12-14-27(15-13-26)32(40)41-3/h12-17,24H,4-11,18-23,25H2,1-3H3,(H,34,35). The monoisotopic (exact) mass is 561 g/mol. The van der Waals surface area contributed by atoms with Gasteiger partial charge in [-0.25, -0.2) is 9.78 Å². The summed E-state index contributed by atoms with van der Waals surface area (Å²) in [5.41, 5.74) is 4.18. The van der Waals surface area contributed by atoms with Gasteiger partial charge in [0.2, 0.25) is 5.95 Å². The van der Waals surface area contributed by atoms with Crippen LogP contribution in [0.1, 0.15) is 91.5 Å². The number of methoxy groups -OCH3 is 1. The molecule has 1 saturated heterocycles. The average molecular weight is 562 g/mol. The van der Waals surface area contributed by atoms with Crippen LogP contribution in [0.15, 0.2) is 42.5 Å². The third-order valence-corrected chi connectivity index (χ3v) is 7.98. The minimum atomic E-state index is -0.340. The predicted molar refractivity (Wildman–Crippen MR) is 165 cm³/mol. The Balaban J connectivity index is 1.56. The normalized spacial score (nSPS) is 13.8. The highest BCUT2D eigenvalue weighted by atomic mass is 16.5. The average Bonchev–Trinajstić information content (AvgIpc) is 3.36. The Morgan fingerprint density at radius 1 is 0.902 bits per heavy atom. The largest absolute Gasteiger partial charge is 0.465 e. The first-order chi connectivity index (χ1) is 20.0. The van der Waals surface area contributed by atoms with Crippen LogP contribution in [0.5, 0.6) is 0 Å². The molecular weight excluding hydrogens is 514 g/mol. The van der Waals surface area contributed by atoms with Crippen molar-refractivity contribution in [2.75, 3.05) is 45.2 Å². The number of nitrogens with zero attached hydrogens (tertiary/aromatic N) is 4. The van der Waals surface area contributed by atoms with Crippen molar-refractivity contribution in [3.8, 4) is 0 Å². The maximum atomic E-state index is 13.6. The van der Waals surface area contributed by atoms with Crippen molar-refractivity contribution >= 4 is 28.9 Å². The molecule has 1 aliphatic heterocycles. The van der Waals surface area contributed by atoms with E-state index in [0.717, 1.165) is 86.4 Å². The van der Waals surface area contributed by atoms with Gasteiger partial charge in [-0.1, -0.05) is 45.2 Å². The highest BCUT2D eigenvalue weighted by molar-refractivity contribution is 5.97. The Morgan fingerprint density at radius 2 is 1.59 bits per heavy atom. The first kappa shape index (κ1) is 30.6. The molecule has 0 aliphatic carbocycles. The summed E-state index contributed by atoms with van der Waals surface area (Å²) in [5, 5.41) is 3.52. The third kappa shape index (κ3) is 8.32. The molecule has 0 spiro atoms. The number of ether oxygens (including phenoxy) is 1. The van der Waals surface area contributed by atoms with Gasteiger partial charge in [0.05, 0.1) is 23.7 Å². The van der Waals surface area contributed by atoms with Crippen LogP contribution in [0.3, 0.4) is 0 Å². The number of esters is 1. The van der Waals surface area contributed by atoms with Gasteiger partial charge in [-0.15, -0.1) is 0 Å². The van der Waals surface area contributed by atoms with E-state index in [1.807, 2.05) is 35.2 Å². The molecule has 0 unspecified atom stereocenters. The van der Waals surface area contributed by atoms with Crippen LogP contribution in [-0.2, 0) is 17.8 Å². The number of rotatable bonds is 15. The van der Waals surface area contributed by atoms with Gasteiger partial charge in [0, 0.05) is 31.7 Å². The van der Waals surface area contributed by atoms with Gasteiger partial charge < -0.3 is 24.4 Å². The van der Waals surface area contributed by atoms with E-state index in [2.05, 4.69) is 28.6 Å². The van der Waals surface area contributed by atoms with Crippen molar-refractivity contribution < 1.29 is 14.3 Å². The van der Waals surface area contributed by atoms with E-state index in [0.29, 0.717) is 12.1 Å². The first-order valence-corrected chi connectivity index (χ1v) is 15.5. The second-order valence-corrected chi connectivity index (χ2v) is 11.1. The highest BCUT2D eigenvalue weighted by Crippen LogP contribution is 2.24. The van der Waals surface area contributed by atoms with Crippen LogP contribution in [0.2, 0.25) is 0 Å². The zero-order valence-corrected chi connectivity index (χ0v) is 25.2. The Bertz CT molecular complexity index is 1260. The number of hydrogen-bond donors (Lipinski definition) is 1. The smallest absolute Gasteiger partial charge is 0.337 e. The first-order valence-electron chi connectivity index (χ1n) is 15.5. The molecule has 2 heterocycles. The van der Waals surface area contributed by atoms with E-state index in [9.17, 15) is 9.59 Å². The minimum Gasteiger partial charge on any atom is -0.465 e. The lowest BCUT2D eigenvalue weighted by Crippen LogP contribution is -2.33. The Morgan fingerprint density at radius 3 is 2.24 bits per heavy atom. The molecule has 0 bridgehead atoms. The molecule has 2 aromatic carbocycles. The molecule has 1 aromatic heterocycles. The summed E-state index contributed by atoms with van der Waals surface area (Å²) in [6, 6.07) is 13.4. The summed E-state index contributed by atoms with van der Waals surface area (Å²) in [7, 11) is 1.39. The lowest BCUT2D eigenvalue weighted by Gasteiger charge is -2.26. The predicted octanol–water partition coefficient (Wildman–Crippen LogP) is 6.35. The van der Waals surface area contributed by atoms with Crippen LogP contribution < -0.4 is 5.32 Å². The molecule has 0 saturated carbocycles. The number of carbonyl (C=O) groups is 2. The van der Waals surface area contributed by atoms with E-state index in [4.69, 9.17) is 9.72 Å². The van der Waals surface area contributed by atoms with Crippen LogP contribution in [0, 0.1) is 0 Å². The molecule has 8 nitrogen and oxygen atoms in total. The van der Waals surface area contributed by atoms with Gasteiger partial charge in [0.15, 0.2) is 0 Å². The quantitative estimate of drug-likeness (QED) is 0.218. The molecular formula is C33H47N5O3. The molecule has 0 atom stereocenters. The van der Waals surface area contributed by atoms with E-state index in [-0.39, 0.29) is 11.9 Å². The summed E-state index contributed by atoms with van der Waals surface area (Å²) in [6.45, 7) is 10.7. The van der Waals surface area contributed by atoms with Gasteiger partial charge in [0.25, 0.3) is 5.91 Å². The summed E-state index contributed by atoms with van der Waals surface area (Å²) >= 11 is 0. The number of amides is 1. The fourth-order valence-corrected chi connectivity index (χ4v) is 5.51. The topological polar surface area (TPSA) is 79.7 Å². The molecule has 1 amide bonds. The van der Waals surface area contributed by atoms with Crippen LogP contribution >= 0.6 is 0 Å². The summed E-state index contributed by atoms with van der Waals surface area (Å²) in [6.07, 6.45) is 9.09. The molecule has 8 heteroatoms. The number of hydrogen-bond acceptors (Lipinski definition) is 6. The molecule has 1 aliphatic rings. The van der Waals surface area contributed by atoms with Crippen molar-refractivity contribution in [3.63, 3.8) is 0 Å². The van der Waals surface area contributed by atoms with Gasteiger partial charge in [-0.2, -0.15) is 0 Å². The van der Waals surface area contributed by atoms with Gasteiger partial charge in [-0.05, 0) is 87.6 Å². The number of imidazole rings is 1. The van der Waals surface area contributed by atoms with Gasteiger partial charge in [-0.3, -0.25) is 4.79 Å². The number of carbonyl (C=O) groups excluding carboxylic acids is 2. The number of piperidine rings is 1. The maximum absolute atomic E-state index is 13.6. The number of benzene rings is 2. The number of aromatic nitrogens is 2. The fraction of sp³-hybridized carbons (Fsp3) is 0.545. The lowest BCUT2D eigenvalue weighted by molar-refractivity contribution is 0.0600. The van der Waals surface area contributed by atoms with Crippen LogP contribution in [0.4, 0.5) is 5.95 Å². The number of anilines is 1. The summed E-state index contributed by atoms with van der Waals surface area (Å²) < 4.78 is 7.05. The molecule has 3 aromatic rings. The SMILES string of the molecule is CCCCN(CCCC)C(=O)c1ccc2nc(NCc3ccc(C(=O)OC)cc3)n(CCCN3CCCCC3)c2c1. The zero-order valence-electron chi connectivity index (χ0n) is 25.2. The molecule has 41 heavy (non-hydrogen) atoms. The van der Waals surface area contributed by atoms with Crippen molar-refractivity contribution in [1.82, 2.24) is 19.4 Å². The zero-order chi connectivity index (χ0) is 29.0. The number of nitrogens with one attached hydrogen (secondary N) is 1. The van der Waals surface area contributed by atoms with Gasteiger partial charge in [0.1, 0.15) is 0 Å². The van der Waals surface area contributed by atoms with E-state index in [1.165, 1.54) is 39.5 Å². The number of unbranched alkanes of at least 4 members (excludes halogenated alkanes) is 2. The van der Waals surface area contributed by atoms with Crippen molar-refractivity contribution in [2.45, 2.75) is 78.3 Å². The van der Waals surface area contributed by atoms with E-state index in [1.54, 1.807) is 12.1 Å². The Kier molecular flexibility index (Phi) is 11.6. The molecule has 222 valence electrons. The Hall–Kier alpha value is -3.39. The maximum Gasteiger partial charge on any atom is 0.337 e. The van der Waals surface area contributed by atoms with Gasteiger partial charge >= 0.3 is 5.97 Å². The summed E-state index contributed by atoms with van der Waals surface area (Å²) in [5.74, 6) is 0.567. The van der Waals surface area contributed by atoms with E-state index < -0.39 is 0 Å². The van der Waals surface area contributed by atoms with E-state index >= 15 is 0 Å². The van der Waals surface area contributed by atoms with Crippen LogP contribution in [0.25, 0.3) is 11.0 Å². The number of likely N-dealkylation sites (tertiary alicyclic amines) is 1. The molecule has 0 radical (unpaired) electrons. The molecule has 1 N–H and O–H groups in total. The summed E-state index contributed by atoms with van der Waals surface area (Å²) in [4.78, 5) is 34.9. The highest BCUT2D eigenvalue weighted by Gasteiger charge is 2.19. The van der Waals surface area contributed by atoms with Crippen molar-refractivity contribution in [1.29, 1.82) is 0 Å². The second kappa shape index (κ2) is 15.6. The van der Waals surface area contributed by atoms with Crippen LogP contribution in [-0.4, -0.2) is 71.1 Å². The molecule has 4 rings (SSSR count). The number of fused-ring (bicyclic) bond motifs is 1. The second-order valence-electron chi connectivity index (χ2n) is 11.1.